The molecule has 3 nitrogen and oxygen atoms in total. The molecule has 0 aliphatic rings. The minimum absolute atomic E-state index is 0.286. The molecule has 0 bridgehead atoms. The Morgan fingerprint density at radius 3 is 2.65 bits per heavy atom. The maximum atomic E-state index is 13.5. The Morgan fingerprint density at radius 1 is 1.53 bits per heavy atom. The van der Waals surface area contributed by atoms with E-state index in [1.807, 2.05) is 11.9 Å². The summed E-state index contributed by atoms with van der Waals surface area (Å²) in [6.07, 6.45) is 1.06. The average Bonchev–Trinajstić information content (AvgIpc) is 2.28. The van der Waals surface area contributed by atoms with Gasteiger partial charge in [-0.1, -0.05) is 20.3 Å². The van der Waals surface area contributed by atoms with Crippen LogP contribution in [0.25, 0.3) is 0 Å². The van der Waals surface area contributed by atoms with Crippen LogP contribution in [0.3, 0.4) is 0 Å². The third-order valence-electron chi connectivity index (χ3n) is 2.91. The molecule has 0 spiro atoms. The van der Waals surface area contributed by atoms with Crippen molar-refractivity contribution in [1.82, 2.24) is 0 Å². The van der Waals surface area contributed by atoms with Crippen molar-refractivity contribution in [2.24, 2.45) is 5.92 Å². The number of aromatic carboxylic acids is 1. The molecule has 0 fully saturated rings. The maximum absolute atomic E-state index is 13.5. The van der Waals surface area contributed by atoms with Crippen LogP contribution in [0, 0.1) is 11.7 Å². The fourth-order valence-corrected chi connectivity index (χ4v) is 1.62. The molecule has 0 saturated heterocycles. The van der Waals surface area contributed by atoms with Gasteiger partial charge in [0.2, 0.25) is 0 Å². The first kappa shape index (κ1) is 13.5. The molecule has 1 aromatic rings. The second-order valence-corrected chi connectivity index (χ2v) is 4.36. The number of nitrogens with zero attached hydrogens (tertiary/aromatic N) is 1. The van der Waals surface area contributed by atoms with Crippen LogP contribution in [0.1, 0.15) is 30.6 Å². The van der Waals surface area contributed by atoms with E-state index < -0.39 is 11.8 Å². The summed E-state index contributed by atoms with van der Waals surface area (Å²) in [6, 6.07) is 4.21. The standard InChI is InChI=1S/C13H18FNO2/c1-4-9(2)8-15(3)10-5-6-11(13(16)17)12(14)7-10/h5-7,9H,4,8H2,1-3H3,(H,16,17). The molecule has 0 heterocycles. The molecule has 0 aliphatic heterocycles. The number of rotatable bonds is 5. The van der Waals surface area contributed by atoms with Crippen molar-refractivity contribution in [3.63, 3.8) is 0 Å². The summed E-state index contributed by atoms with van der Waals surface area (Å²) in [7, 11) is 1.88. The van der Waals surface area contributed by atoms with E-state index in [-0.39, 0.29) is 5.56 Å². The lowest BCUT2D eigenvalue weighted by Gasteiger charge is -2.23. The minimum Gasteiger partial charge on any atom is -0.478 e. The SMILES string of the molecule is CCC(C)CN(C)c1ccc(C(=O)O)c(F)c1. The lowest BCUT2D eigenvalue weighted by Crippen LogP contribution is -2.23. The van der Waals surface area contributed by atoms with Crippen molar-refractivity contribution < 1.29 is 14.3 Å². The van der Waals surface area contributed by atoms with Crippen LogP contribution in [0.4, 0.5) is 10.1 Å². The highest BCUT2D eigenvalue weighted by atomic mass is 19.1. The lowest BCUT2D eigenvalue weighted by atomic mass is 10.1. The molecule has 0 radical (unpaired) electrons. The largest absolute Gasteiger partial charge is 0.478 e. The fourth-order valence-electron chi connectivity index (χ4n) is 1.62. The van der Waals surface area contributed by atoms with Gasteiger partial charge in [-0.25, -0.2) is 9.18 Å². The molecule has 4 heteroatoms. The zero-order valence-electron chi connectivity index (χ0n) is 10.4. The Labute approximate surface area is 101 Å². The number of anilines is 1. The van der Waals surface area contributed by atoms with E-state index in [2.05, 4.69) is 13.8 Å². The van der Waals surface area contributed by atoms with E-state index in [0.29, 0.717) is 11.6 Å². The molecule has 1 unspecified atom stereocenters. The van der Waals surface area contributed by atoms with Crippen LogP contribution in [0.15, 0.2) is 18.2 Å². The molecule has 1 N–H and O–H groups in total. The van der Waals surface area contributed by atoms with Crippen molar-refractivity contribution in [3.05, 3.63) is 29.6 Å². The number of hydrogen-bond acceptors (Lipinski definition) is 2. The van der Waals surface area contributed by atoms with Crippen molar-refractivity contribution in [2.75, 3.05) is 18.5 Å². The first-order chi connectivity index (χ1) is 7.95. The average molecular weight is 239 g/mol. The van der Waals surface area contributed by atoms with E-state index in [1.54, 1.807) is 6.07 Å². The van der Waals surface area contributed by atoms with Gasteiger partial charge >= 0.3 is 5.97 Å². The first-order valence-electron chi connectivity index (χ1n) is 5.69. The van der Waals surface area contributed by atoms with Gasteiger partial charge in [-0.15, -0.1) is 0 Å². The number of carbonyl (C=O) groups is 1. The third kappa shape index (κ3) is 3.44. The number of carboxylic acid groups (broad SMARTS) is 1. The molecule has 94 valence electrons. The number of benzene rings is 1. The molecule has 0 aliphatic carbocycles. The van der Waals surface area contributed by atoms with Crippen molar-refractivity contribution in [3.8, 4) is 0 Å². The Bertz CT molecular complexity index is 406. The van der Waals surface area contributed by atoms with Gasteiger partial charge in [-0.05, 0) is 24.1 Å². The van der Waals surface area contributed by atoms with Gasteiger partial charge in [0.1, 0.15) is 5.82 Å². The van der Waals surface area contributed by atoms with E-state index in [0.717, 1.165) is 13.0 Å². The predicted octanol–water partition coefficient (Wildman–Crippen LogP) is 3.01. The van der Waals surface area contributed by atoms with Crippen LogP contribution < -0.4 is 4.90 Å². The van der Waals surface area contributed by atoms with Crippen LogP contribution >= 0.6 is 0 Å². The zero-order chi connectivity index (χ0) is 13.0. The van der Waals surface area contributed by atoms with Crippen LogP contribution in [0.5, 0.6) is 0 Å². The number of halogens is 1. The normalized spacial score (nSPS) is 12.2. The second-order valence-electron chi connectivity index (χ2n) is 4.36. The molecular formula is C13H18FNO2. The van der Waals surface area contributed by atoms with Crippen molar-refractivity contribution >= 4 is 11.7 Å². The van der Waals surface area contributed by atoms with E-state index in [9.17, 15) is 9.18 Å². The molecule has 17 heavy (non-hydrogen) atoms. The summed E-state index contributed by atoms with van der Waals surface area (Å²) in [4.78, 5) is 12.6. The maximum Gasteiger partial charge on any atom is 0.338 e. The summed E-state index contributed by atoms with van der Waals surface area (Å²) in [6.45, 7) is 5.05. The summed E-state index contributed by atoms with van der Waals surface area (Å²) in [5, 5.41) is 8.73. The summed E-state index contributed by atoms with van der Waals surface area (Å²) >= 11 is 0. The topological polar surface area (TPSA) is 40.5 Å². The Balaban J connectivity index is 2.86. The molecule has 1 atom stereocenters. The summed E-state index contributed by atoms with van der Waals surface area (Å²) < 4.78 is 13.5. The smallest absolute Gasteiger partial charge is 0.338 e. The van der Waals surface area contributed by atoms with E-state index in [1.165, 1.54) is 12.1 Å². The van der Waals surface area contributed by atoms with Crippen LogP contribution in [-0.4, -0.2) is 24.7 Å². The molecule has 1 rings (SSSR count). The van der Waals surface area contributed by atoms with E-state index in [4.69, 9.17) is 5.11 Å². The summed E-state index contributed by atoms with van der Waals surface area (Å²) in [5.41, 5.74) is 0.415. The molecule has 1 aromatic carbocycles. The van der Waals surface area contributed by atoms with Gasteiger partial charge in [0, 0.05) is 19.3 Å². The highest BCUT2D eigenvalue weighted by Gasteiger charge is 2.12. The van der Waals surface area contributed by atoms with Gasteiger partial charge in [0.25, 0.3) is 0 Å². The van der Waals surface area contributed by atoms with Gasteiger partial charge < -0.3 is 10.0 Å². The second kappa shape index (κ2) is 5.66. The summed E-state index contributed by atoms with van der Waals surface area (Å²) in [5.74, 6) is -1.41. The number of carboxylic acids is 1. The fraction of sp³-hybridized carbons (Fsp3) is 0.462. The van der Waals surface area contributed by atoms with Crippen LogP contribution in [0.2, 0.25) is 0 Å². The third-order valence-corrected chi connectivity index (χ3v) is 2.91. The van der Waals surface area contributed by atoms with E-state index >= 15 is 0 Å². The Kier molecular flexibility index (Phi) is 4.49. The lowest BCUT2D eigenvalue weighted by molar-refractivity contribution is 0.0692. The van der Waals surface area contributed by atoms with Gasteiger partial charge in [0.15, 0.2) is 0 Å². The minimum atomic E-state index is -1.24. The molecular weight excluding hydrogens is 221 g/mol. The predicted molar refractivity (Wildman–Crippen MR) is 66.1 cm³/mol. The highest BCUT2D eigenvalue weighted by Crippen LogP contribution is 2.19. The Morgan fingerprint density at radius 2 is 2.18 bits per heavy atom. The first-order valence-corrected chi connectivity index (χ1v) is 5.69. The van der Waals surface area contributed by atoms with Gasteiger partial charge in [-0.3, -0.25) is 0 Å². The quantitative estimate of drug-likeness (QED) is 0.858. The molecule has 0 amide bonds. The highest BCUT2D eigenvalue weighted by molar-refractivity contribution is 5.88. The van der Waals surface area contributed by atoms with Gasteiger partial charge in [-0.2, -0.15) is 0 Å². The van der Waals surface area contributed by atoms with Crippen molar-refractivity contribution in [2.45, 2.75) is 20.3 Å². The number of hydrogen-bond donors (Lipinski definition) is 1. The zero-order valence-corrected chi connectivity index (χ0v) is 10.4. The molecule has 0 saturated carbocycles. The molecule has 0 aromatic heterocycles. The van der Waals surface area contributed by atoms with Crippen molar-refractivity contribution in [1.29, 1.82) is 0 Å². The van der Waals surface area contributed by atoms with Crippen LogP contribution in [-0.2, 0) is 0 Å². The van der Waals surface area contributed by atoms with Gasteiger partial charge in [0.05, 0.1) is 5.56 Å². The monoisotopic (exact) mass is 239 g/mol. The Hall–Kier alpha value is -1.58.